The molecule has 1 aromatic rings. The zero-order valence-corrected chi connectivity index (χ0v) is 17.4. The van der Waals surface area contributed by atoms with E-state index in [2.05, 4.69) is 21.3 Å². The maximum absolute atomic E-state index is 12.8. The van der Waals surface area contributed by atoms with Gasteiger partial charge in [0.15, 0.2) is 0 Å². The Morgan fingerprint density at radius 1 is 1.20 bits per heavy atom. The first-order chi connectivity index (χ1) is 14.3. The van der Waals surface area contributed by atoms with E-state index in [1.165, 1.54) is 6.07 Å². The molecule has 3 rings (SSSR count). The van der Waals surface area contributed by atoms with Crippen molar-refractivity contribution in [3.63, 3.8) is 0 Å². The Balaban J connectivity index is 1.56. The van der Waals surface area contributed by atoms with E-state index in [0.29, 0.717) is 17.9 Å². The summed E-state index contributed by atoms with van der Waals surface area (Å²) in [6, 6.07) is 5.40. The Hall–Kier alpha value is -1.40. The van der Waals surface area contributed by atoms with Gasteiger partial charge in [0.2, 0.25) is 6.04 Å². The number of thioether (sulfide) groups is 1. The van der Waals surface area contributed by atoms with Gasteiger partial charge in [-0.05, 0) is 68.2 Å². The van der Waals surface area contributed by atoms with Crippen molar-refractivity contribution in [2.24, 2.45) is 5.92 Å². The van der Waals surface area contributed by atoms with Crippen molar-refractivity contribution in [3.05, 3.63) is 39.9 Å². The Bertz CT molecular complexity index is 703. The minimum absolute atomic E-state index is 0.124. The Kier molecular flexibility index (Phi) is 8.35. The second-order valence-electron chi connectivity index (χ2n) is 7.79. The van der Waals surface area contributed by atoms with Crippen molar-refractivity contribution >= 4 is 11.8 Å². The molecule has 2 heterocycles. The molecule has 2 saturated heterocycles. The third-order valence-corrected chi connectivity index (χ3v) is 6.51. The molecule has 30 heavy (non-hydrogen) atoms. The number of alkyl halides is 3. The van der Waals surface area contributed by atoms with Gasteiger partial charge in [-0.1, -0.05) is 18.2 Å². The molecule has 2 aliphatic heterocycles. The van der Waals surface area contributed by atoms with E-state index in [0.717, 1.165) is 32.5 Å². The van der Waals surface area contributed by atoms with Crippen LogP contribution in [0.25, 0.3) is 0 Å². The lowest BCUT2D eigenvalue weighted by Crippen LogP contribution is -2.61. The number of piperidine rings is 2. The fourth-order valence-electron chi connectivity index (χ4n) is 4.01. The molecule has 2 fully saturated rings. The van der Waals surface area contributed by atoms with Gasteiger partial charge in [-0.2, -0.15) is 13.2 Å². The maximum atomic E-state index is 12.8. The number of hydrogen-bond donors (Lipinski definition) is 4. The van der Waals surface area contributed by atoms with Crippen molar-refractivity contribution < 1.29 is 18.1 Å². The summed E-state index contributed by atoms with van der Waals surface area (Å²) in [5, 5.41) is 24.5. The number of nitro groups is 1. The molecule has 4 N–H and O–H groups in total. The lowest BCUT2D eigenvalue weighted by atomic mass is 9.95. The third kappa shape index (κ3) is 7.09. The zero-order chi connectivity index (χ0) is 21.6. The van der Waals surface area contributed by atoms with E-state index < -0.39 is 11.6 Å². The first-order valence-electron chi connectivity index (χ1n) is 10.2. The molecule has 0 amide bonds. The van der Waals surface area contributed by atoms with Crippen molar-refractivity contribution in [1.82, 2.24) is 21.3 Å². The SMILES string of the molecule is O=[N+]([O-])C1CNC(NCc2ccccc2SC(F)(F)F)CC1NCC1CCNCC1. The van der Waals surface area contributed by atoms with E-state index >= 15 is 0 Å². The normalized spacial score (nSPS) is 25.9. The van der Waals surface area contributed by atoms with Crippen molar-refractivity contribution in [2.75, 3.05) is 26.2 Å². The van der Waals surface area contributed by atoms with Gasteiger partial charge in [-0.3, -0.25) is 20.7 Å². The molecule has 3 atom stereocenters. The number of hydrogen-bond acceptors (Lipinski definition) is 7. The van der Waals surface area contributed by atoms with Crippen LogP contribution in [0.1, 0.15) is 24.8 Å². The largest absolute Gasteiger partial charge is 0.446 e. The summed E-state index contributed by atoms with van der Waals surface area (Å²) in [6.45, 7) is 3.15. The van der Waals surface area contributed by atoms with Gasteiger partial charge in [-0.25, -0.2) is 0 Å². The van der Waals surface area contributed by atoms with Crippen LogP contribution in [-0.2, 0) is 6.54 Å². The highest BCUT2D eigenvalue weighted by Crippen LogP contribution is 2.38. The van der Waals surface area contributed by atoms with Crippen LogP contribution in [0, 0.1) is 16.0 Å². The topological polar surface area (TPSA) is 91.3 Å². The predicted octanol–water partition coefficient (Wildman–Crippen LogP) is 2.31. The average Bonchev–Trinajstić information content (AvgIpc) is 2.71. The van der Waals surface area contributed by atoms with E-state index in [9.17, 15) is 23.3 Å². The molecular weight excluding hydrogens is 419 g/mol. The number of rotatable bonds is 8. The number of benzene rings is 1. The number of nitrogens with one attached hydrogen (secondary N) is 4. The van der Waals surface area contributed by atoms with Gasteiger partial charge in [0.1, 0.15) is 0 Å². The molecule has 0 aliphatic carbocycles. The van der Waals surface area contributed by atoms with Crippen LogP contribution in [-0.4, -0.2) is 54.9 Å². The number of halogens is 3. The summed E-state index contributed by atoms with van der Waals surface area (Å²) in [7, 11) is 0. The van der Waals surface area contributed by atoms with Crippen LogP contribution >= 0.6 is 11.8 Å². The summed E-state index contributed by atoms with van der Waals surface area (Å²) in [6.07, 6.45) is 2.38. The molecule has 0 aromatic heterocycles. The molecule has 0 radical (unpaired) electrons. The lowest BCUT2D eigenvalue weighted by Gasteiger charge is -2.35. The lowest BCUT2D eigenvalue weighted by molar-refractivity contribution is -0.527. The molecule has 0 spiro atoms. The van der Waals surface area contributed by atoms with E-state index in [-0.39, 0.29) is 46.9 Å². The minimum Gasteiger partial charge on any atom is -0.317 e. The van der Waals surface area contributed by atoms with Crippen LogP contribution in [0.3, 0.4) is 0 Å². The Morgan fingerprint density at radius 3 is 2.63 bits per heavy atom. The van der Waals surface area contributed by atoms with E-state index in [4.69, 9.17) is 0 Å². The molecular formula is C19H28F3N5O2S. The summed E-state index contributed by atoms with van der Waals surface area (Å²) in [4.78, 5) is 11.4. The molecule has 0 saturated carbocycles. The van der Waals surface area contributed by atoms with Crippen LogP contribution in [0.2, 0.25) is 0 Å². The fraction of sp³-hybridized carbons (Fsp3) is 0.684. The summed E-state index contributed by atoms with van der Waals surface area (Å²) in [5.74, 6) is 0.506. The van der Waals surface area contributed by atoms with Gasteiger partial charge in [0.25, 0.3) is 0 Å². The van der Waals surface area contributed by atoms with Crippen molar-refractivity contribution in [1.29, 1.82) is 0 Å². The predicted molar refractivity (Wildman–Crippen MR) is 110 cm³/mol. The van der Waals surface area contributed by atoms with Crippen molar-refractivity contribution in [2.45, 2.75) is 54.5 Å². The molecule has 0 bridgehead atoms. The van der Waals surface area contributed by atoms with Crippen molar-refractivity contribution in [3.8, 4) is 0 Å². The highest BCUT2D eigenvalue weighted by Gasteiger charge is 2.38. The Morgan fingerprint density at radius 2 is 1.93 bits per heavy atom. The van der Waals surface area contributed by atoms with E-state index in [1.54, 1.807) is 18.2 Å². The molecule has 7 nitrogen and oxygen atoms in total. The Labute approximate surface area is 178 Å². The van der Waals surface area contributed by atoms with Gasteiger partial charge in [-0.15, -0.1) is 0 Å². The second-order valence-corrected chi connectivity index (χ2v) is 8.90. The average molecular weight is 448 g/mol. The number of nitrogens with zero attached hydrogens (tertiary/aromatic N) is 1. The zero-order valence-electron chi connectivity index (χ0n) is 16.6. The van der Waals surface area contributed by atoms with Crippen LogP contribution in [0.4, 0.5) is 13.2 Å². The van der Waals surface area contributed by atoms with Gasteiger partial charge < -0.3 is 10.6 Å². The summed E-state index contributed by atoms with van der Waals surface area (Å²) >= 11 is -0.124. The summed E-state index contributed by atoms with van der Waals surface area (Å²) < 4.78 is 38.3. The standard InChI is InChI=1S/C19H28F3N5O2S/c20-19(21,22)30-17-4-2-1-3-14(17)11-25-18-9-15(16(12-26-18)27(28)29)24-10-13-5-7-23-8-6-13/h1-4,13,15-16,18,23-26H,5-12H2. The van der Waals surface area contributed by atoms with Gasteiger partial charge in [0, 0.05) is 16.4 Å². The van der Waals surface area contributed by atoms with Crippen LogP contribution < -0.4 is 21.3 Å². The molecule has 1 aromatic carbocycles. The van der Waals surface area contributed by atoms with Gasteiger partial charge in [0.05, 0.1) is 18.8 Å². The first kappa shape index (κ1) is 23.3. The second kappa shape index (κ2) is 10.8. The van der Waals surface area contributed by atoms with Crippen LogP contribution in [0.5, 0.6) is 0 Å². The third-order valence-electron chi connectivity index (χ3n) is 5.66. The smallest absolute Gasteiger partial charge is 0.317 e. The molecule has 168 valence electrons. The monoisotopic (exact) mass is 447 g/mol. The molecule has 3 unspecified atom stereocenters. The maximum Gasteiger partial charge on any atom is 0.446 e. The van der Waals surface area contributed by atoms with Crippen LogP contribution in [0.15, 0.2) is 29.2 Å². The summed E-state index contributed by atoms with van der Waals surface area (Å²) in [5.41, 5.74) is -3.79. The minimum atomic E-state index is -4.35. The quantitative estimate of drug-likeness (QED) is 0.276. The molecule has 11 heteroatoms. The highest BCUT2D eigenvalue weighted by molar-refractivity contribution is 8.00. The molecule has 2 aliphatic rings. The fourth-order valence-corrected chi connectivity index (χ4v) is 4.67. The first-order valence-corrected chi connectivity index (χ1v) is 11.0. The van der Waals surface area contributed by atoms with Gasteiger partial charge >= 0.3 is 5.51 Å². The van der Waals surface area contributed by atoms with E-state index in [1.807, 2.05) is 0 Å². The highest BCUT2D eigenvalue weighted by atomic mass is 32.2.